The molecule has 0 fully saturated rings. The highest BCUT2D eigenvalue weighted by atomic mass is 35.5. The van der Waals surface area contributed by atoms with Crippen LogP contribution in [0.25, 0.3) is 0 Å². The average molecular weight is 412 g/mol. The molecule has 3 rings (SSSR count). The molecule has 0 aliphatic carbocycles. The van der Waals surface area contributed by atoms with Crippen LogP contribution in [0.15, 0.2) is 64.9 Å². The summed E-state index contributed by atoms with van der Waals surface area (Å²) >= 11 is 6.00. The van der Waals surface area contributed by atoms with Gasteiger partial charge >= 0.3 is 0 Å². The molecule has 26 heavy (non-hydrogen) atoms. The molecule has 8 heteroatoms. The summed E-state index contributed by atoms with van der Waals surface area (Å²) in [5, 5.41) is 1.39. The van der Waals surface area contributed by atoms with Crippen molar-refractivity contribution in [3.63, 3.8) is 0 Å². The Kier molecular flexibility index (Phi) is 5.25. The highest BCUT2D eigenvalue weighted by Crippen LogP contribution is 2.29. The van der Waals surface area contributed by atoms with Crippen LogP contribution in [0.5, 0.6) is 0 Å². The number of halogens is 1. The lowest BCUT2D eigenvalue weighted by molar-refractivity contribution is 0.375. The topological polar surface area (TPSA) is 71.5 Å². The van der Waals surface area contributed by atoms with Crippen LogP contribution in [0.3, 0.4) is 0 Å². The summed E-state index contributed by atoms with van der Waals surface area (Å²) < 4.78 is 51.6. The first-order chi connectivity index (χ1) is 12.2. The highest BCUT2D eigenvalue weighted by Gasteiger charge is 2.36. The predicted octanol–water partition coefficient (Wildman–Crippen LogP) is 3.15. The molecule has 0 spiro atoms. The molecule has 2 aromatic rings. The zero-order chi connectivity index (χ0) is 18.9. The van der Waals surface area contributed by atoms with Crippen LogP contribution < -0.4 is 0 Å². The summed E-state index contributed by atoms with van der Waals surface area (Å²) in [5.41, 5.74) is 1.32. The van der Waals surface area contributed by atoms with Crippen LogP contribution in [0.4, 0.5) is 0 Å². The number of hydrogen-bond acceptors (Lipinski definition) is 4. The monoisotopic (exact) mass is 411 g/mol. The molecule has 138 valence electrons. The standard InChI is InChI=1S/C18H18ClNO4S2/c1-14-7-8-16(19)11-18(14)26(23,24)20(12-15-5-3-2-4-6-15)17-9-10-25(21,22)13-17/h2-11,17H,12-13H2,1H3/t17-/m0/s1. The number of nitrogens with zero attached hydrogens (tertiary/aromatic N) is 1. The van der Waals surface area contributed by atoms with Gasteiger partial charge in [0.05, 0.1) is 16.7 Å². The number of sulfonamides is 1. The van der Waals surface area contributed by atoms with E-state index in [1.807, 2.05) is 18.2 Å². The minimum atomic E-state index is -3.95. The molecule has 2 aromatic carbocycles. The normalized spacial score (nSPS) is 19.1. The van der Waals surface area contributed by atoms with Gasteiger partial charge in [-0.2, -0.15) is 4.31 Å². The lowest BCUT2D eigenvalue weighted by atomic mass is 10.2. The fourth-order valence-electron chi connectivity index (χ4n) is 2.86. The van der Waals surface area contributed by atoms with Gasteiger partial charge in [-0.3, -0.25) is 0 Å². The van der Waals surface area contributed by atoms with Crippen LogP contribution in [0.2, 0.25) is 5.02 Å². The molecule has 0 saturated heterocycles. The van der Waals surface area contributed by atoms with Gasteiger partial charge in [-0.25, -0.2) is 16.8 Å². The molecule has 0 amide bonds. The zero-order valence-electron chi connectivity index (χ0n) is 14.0. The van der Waals surface area contributed by atoms with Gasteiger partial charge in [0, 0.05) is 17.0 Å². The Labute approximate surface area is 158 Å². The van der Waals surface area contributed by atoms with Gasteiger partial charge in [0.25, 0.3) is 0 Å². The second kappa shape index (κ2) is 7.15. The maximum atomic E-state index is 13.3. The summed E-state index contributed by atoms with van der Waals surface area (Å²) in [4.78, 5) is 0.0821. The molecule has 0 unspecified atom stereocenters. The van der Waals surface area contributed by atoms with Gasteiger partial charge < -0.3 is 0 Å². The quantitative estimate of drug-likeness (QED) is 0.757. The SMILES string of the molecule is Cc1ccc(Cl)cc1S(=O)(=O)N(Cc1ccccc1)[C@H]1C=CS(=O)(=O)C1. The Morgan fingerprint density at radius 2 is 1.85 bits per heavy atom. The lowest BCUT2D eigenvalue weighted by Crippen LogP contribution is -2.40. The molecule has 0 saturated carbocycles. The first kappa shape index (κ1) is 19.1. The molecule has 0 aromatic heterocycles. The van der Waals surface area contributed by atoms with Gasteiger partial charge in [-0.15, -0.1) is 0 Å². The summed E-state index contributed by atoms with van der Waals surface area (Å²) in [7, 11) is -7.36. The lowest BCUT2D eigenvalue weighted by Gasteiger charge is -2.27. The summed E-state index contributed by atoms with van der Waals surface area (Å²) in [5.74, 6) is -0.265. The predicted molar refractivity (Wildman–Crippen MR) is 102 cm³/mol. The van der Waals surface area contributed by atoms with Crippen molar-refractivity contribution in [3.8, 4) is 0 Å². The van der Waals surface area contributed by atoms with E-state index in [0.29, 0.717) is 10.6 Å². The van der Waals surface area contributed by atoms with E-state index in [1.165, 1.54) is 16.4 Å². The minimum Gasteiger partial charge on any atom is -0.224 e. The number of hydrogen-bond donors (Lipinski definition) is 0. The number of aryl methyl sites for hydroxylation is 1. The molecule has 1 aliphatic heterocycles. The van der Waals surface area contributed by atoms with E-state index in [-0.39, 0.29) is 17.2 Å². The summed E-state index contributed by atoms with van der Waals surface area (Å²) in [6.45, 7) is 1.75. The number of benzene rings is 2. The Hall–Kier alpha value is -1.67. The van der Waals surface area contributed by atoms with Crippen molar-refractivity contribution < 1.29 is 16.8 Å². The molecule has 1 heterocycles. The van der Waals surface area contributed by atoms with E-state index in [0.717, 1.165) is 11.0 Å². The van der Waals surface area contributed by atoms with Crippen LogP contribution in [0.1, 0.15) is 11.1 Å². The molecular weight excluding hydrogens is 394 g/mol. The second-order valence-corrected chi connectivity index (χ2v) is 10.4. The van der Waals surface area contributed by atoms with Crippen molar-refractivity contribution in [3.05, 3.63) is 76.2 Å². The molecule has 0 radical (unpaired) electrons. The fraction of sp³-hybridized carbons (Fsp3) is 0.222. The first-order valence-corrected chi connectivity index (χ1v) is 11.5. The Bertz CT molecular complexity index is 1050. The first-order valence-electron chi connectivity index (χ1n) is 7.92. The third-order valence-corrected chi connectivity index (χ3v) is 7.83. The molecule has 5 nitrogen and oxygen atoms in total. The van der Waals surface area contributed by atoms with Crippen molar-refractivity contribution in [2.24, 2.45) is 0 Å². The highest BCUT2D eigenvalue weighted by molar-refractivity contribution is 7.94. The summed E-state index contributed by atoms with van der Waals surface area (Å²) in [6, 6.07) is 13.0. The third-order valence-electron chi connectivity index (χ3n) is 4.20. The molecule has 0 N–H and O–H groups in total. The zero-order valence-corrected chi connectivity index (χ0v) is 16.4. The number of sulfone groups is 1. The van der Waals surface area contributed by atoms with Crippen molar-refractivity contribution in [2.75, 3.05) is 5.75 Å². The minimum absolute atomic E-state index is 0.0691. The summed E-state index contributed by atoms with van der Waals surface area (Å²) in [6.07, 6.45) is 1.43. The number of rotatable bonds is 5. The molecule has 1 atom stereocenters. The maximum absolute atomic E-state index is 13.3. The Morgan fingerprint density at radius 1 is 1.15 bits per heavy atom. The van der Waals surface area contributed by atoms with E-state index in [9.17, 15) is 16.8 Å². The van der Waals surface area contributed by atoms with E-state index in [2.05, 4.69) is 0 Å². The molecular formula is C18H18ClNO4S2. The van der Waals surface area contributed by atoms with Gasteiger partial charge in [0.1, 0.15) is 0 Å². The fourth-order valence-corrected chi connectivity index (χ4v) is 6.31. The van der Waals surface area contributed by atoms with Crippen LogP contribution >= 0.6 is 11.6 Å². The Balaban J connectivity index is 2.07. The van der Waals surface area contributed by atoms with Crippen molar-refractivity contribution in [2.45, 2.75) is 24.4 Å². The second-order valence-electron chi connectivity index (χ2n) is 6.17. The van der Waals surface area contributed by atoms with Crippen molar-refractivity contribution in [1.29, 1.82) is 0 Å². The van der Waals surface area contributed by atoms with Crippen LogP contribution in [0, 0.1) is 6.92 Å². The van der Waals surface area contributed by atoms with E-state index in [4.69, 9.17) is 11.6 Å². The van der Waals surface area contributed by atoms with Gasteiger partial charge in [-0.1, -0.05) is 54.1 Å². The maximum Gasteiger partial charge on any atom is 0.244 e. The van der Waals surface area contributed by atoms with Gasteiger partial charge in [-0.05, 0) is 30.2 Å². The van der Waals surface area contributed by atoms with E-state index in [1.54, 1.807) is 31.2 Å². The smallest absolute Gasteiger partial charge is 0.224 e. The molecule has 0 bridgehead atoms. The van der Waals surface area contributed by atoms with Crippen LogP contribution in [-0.2, 0) is 26.4 Å². The third kappa shape index (κ3) is 4.01. The van der Waals surface area contributed by atoms with Crippen molar-refractivity contribution in [1.82, 2.24) is 4.31 Å². The Morgan fingerprint density at radius 3 is 2.46 bits per heavy atom. The van der Waals surface area contributed by atoms with Gasteiger partial charge in [0.2, 0.25) is 10.0 Å². The van der Waals surface area contributed by atoms with Crippen LogP contribution in [-0.4, -0.2) is 32.9 Å². The average Bonchev–Trinajstić information content (AvgIpc) is 2.95. The largest absolute Gasteiger partial charge is 0.244 e. The van der Waals surface area contributed by atoms with E-state index < -0.39 is 25.9 Å². The van der Waals surface area contributed by atoms with Crippen molar-refractivity contribution >= 4 is 31.5 Å². The molecule has 1 aliphatic rings. The van der Waals surface area contributed by atoms with Gasteiger partial charge in [0.15, 0.2) is 9.84 Å². The van der Waals surface area contributed by atoms with E-state index >= 15 is 0 Å².